The van der Waals surface area contributed by atoms with E-state index in [1.54, 1.807) is 19.1 Å². The molecule has 1 heterocycles. The minimum Gasteiger partial charge on any atom is -0.457 e. The predicted molar refractivity (Wildman–Crippen MR) is 166 cm³/mol. The Morgan fingerprint density at radius 1 is 1.07 bits per heavy atom. The van der Waals surface area contributed by atoms with Gasteiger partial charge in [-0.2, -0.15) is 0 Å². The van der Waals surface area contributed by atoms with Crippen molar-refractivity contribution in [1.29, 1.82) is 0 Å². The summed E-state index contributed by atoms with van der Waals surface area (Å²) in [6, 6.07) is 9.84. The van der Waals surface area contributed by atoms with Gasteiger partial charge in [0, 0.05) is 24.3 Å². The molecule has 1 spiro atoms. The lowest BCUT2D eigenvalue weighted by molar-refractivity contribution is -0.163. The average molecular weight is 578 g/mol. The van der Waals surface area contributed by atoms with Crippen molar-refractivity contribution in [2.45, 2.75) is 116 Å². The summed E-state index contributed by atoms with van der Waals surface area (Å²) in [5.41, 5.74) is 0.511. The number of amides is 1. The highest BCUT2D eigenvalue weighted by Gasteiger charge is 2.67. The van der Waals surface area contributed by atoms with Gasteiger partial charge in [0.05, 0.1) is 11.7 Å². The van der Waals surface area contributed by atoms with E-state index in [4.69, 9.17) is 4.74 Å². The van der Waals surface area contributed by atoms with E-state index in [2.05, 4.69) is 31.3 Å². The van der Waals surface area contributed by atoms with Crippen LogP contribution in [0.3, 0.4) is 0 Å². The summed E-state index contributed by atoms with van der Waals surface area (Å²) in [7, 11) is 0. The summed E-state index contributed by atoms with van der Waals surface area (Å²) < 4.78 is 6.30. The van der Waals surface area contributed by atoms with Crippen LogP contribution in [-0.2, 0) is 20.7 Å². The van der Waals surface area contributed by atoms with Gasteiger partial charge in [-0.3, -0.25) is 9.59 Å². The van der Waals surface area contributed by atoms with Crippen molar-refractivity contribution >= 4 is 11.9 Å². The number of aliphatic hydroxyl groups is 2. The van der Waals surface area contributed by atoms with Crippen LogP contribution in [0.1, 0.15) is 91.5 Å². The zero-order valence-corrected chi connectivity index (χ0v) is 26.1. The maximum atomic E-state index is 14.5. The second-order valence-electron chi connectivity index (χ2n) is 13.3. The van der Waals surface area contributed by atoms with Crippen LogP contribution in [0.15, 0.2) is 65.8 Å². The summed E-state index contributed by atoms with van der Waals surface area (Å²) in [5, 5.41) is 26.4. The van der Waals surface area contributed by atoms with Crippen molar-refractivity contribution in [3.63, 3.8) is 0 Å². The van der Waals surface area contributed by atoms with Crippen molar-refractivity contribution in [2.24, 2.45) is 23.2 Å². The molecule has 6 nitrogen and oxygen atoms in total. The van der Waals surface area contributed by atoms with Gasteiger partial charge in [0.25, 0.3) is 0 Å². The molecule has 4 rings (SSSR count). The van der Waals surface area contributed by atoms with Crippen molar-refractivity contribution in [1.82, 2.24) is 5.32 Å². The molecule has 8 atom stereocenters. The third-order valence-electron chi connectivity index (χ3n) is 9.84. The highest BCUT2D eigenvalue weighted by molar-refractivity contribution is 5.89. The van der Waals surface area contributed by atoms with Crippen molar-refractivity contribution in [2.75, 3.05) is 0 Å². The van der Waals surface area contributed by atoms with E-state index in [1.165, 1.54) is 0 Å². The fourth-order valence-corrected chi connectivity index (χ4v) is 7.65. The lowest BCUT2D eigenvalue weighted by Gasteiger charge is -2.49. The van der Waals surface area contributed by atoms with E-state index < -0.39 is 29.1 Å². The number of aliphatic hydroxyl groups excluding tert-OH is 1. The van der Waals surface area contributed by atoms with Gasteiger partial charge in [0.15, 0.2) is 0 Å². The number of ether oxygens (including phenoxy) is 1. The lowest BCUT2D eigenvalue weighted by Crippen LogP contribution is -2.58. The average Bonchev–Trinajstić information content (AvgIpc) is 3.22. The molecule has 42 heavy (non-hydrogen) atoms. The van der Waals surface area contributed by atoms with E-state index in [-0.39, 0.29) is 36.2 Å². The molecule has 1 fully saturated rings. The largest absolute Gasteiger partial charge is 0.457 e. The highest BCUT2D eigenvalue weighted by atomic mass is 16.5. The molecule has 0 saturated carbocycles. The fourth-order valence-electron chi connectivity index (χ4n) is 7.65. The Balaban J connectivity index is 1.82. The number of hydrogen-bond acceptors (Lipinski definition) is 5. The van der Waals surface area contributed by atoms with Crippen LogP contribution in [0.5, 0.6) is 0 Å². The SMILES string of the molecule is CCCCCCCC(=O)O[C@@H]1/C=C/[C@](C)(O)C[C@@H](C)C/C=C/[C@H]2[C@H](O)C(C)=C(C)[C@H]3[C@H](Cc4ccccc4)NC(=O)[C@@]123. The molecule has 3 aliphatic rings. The number of benzene rings is 1. The zero-order chi connectivity index (χ0) is 30.5. The van der Waals surface area contributed by atoms with E-state index in [0.29, 0.717) is 19.3 Å². The van der Waals surface area contributed by atoms with E-state index in [1.807, 2.05) is 44.2 Å². The molecule has 6 heteroatoms. The fraction of sp³-hybridized carbons (Fsp3) is 0.611. The van der Waals surface area contributed by atoms with Crippen LogP contribution in [-0.4, -0.2) is 45.9 Å². The maximum Gasteiger partial charge on any atom is 0.306 e. The number of carbonyl (C=O) groups is 2. The quantitative estimate of drug-likeness (QED) is 0.184. The van der Waals surface area contributed by atoms with E-state index >= 15 is 0 Å². The van der Waals surface area contributed by atoms with Crippen LogP contribution >= 0.6 is 0 Å². The molecule has 1 aromatic carbocycles. The first-order chi connectivity index (χ1) is 20.0. The van der Waals surface area contributed by atoms with Gasteiger partial charge in [0.1, 0.15) is 11.5 Å². The highest BCUT2D eigenvalue weighted by Crippen LogP contribution is 2.57. The topological polar surface area (TPSA) is 95.9 Å². The first-order valence-corrected chi connectivity index (χ1v) is 16.0. The molecule has 0 unspecified atom stereocenters. The molecular formula is C36H51NO5. The van der Waals surface area contributed by atoms with E-state index in [0.717, 1.165) is 48.8 Å². The number of unbranched alkanes of at least 4 members (excludes halogenated alkanes) is 4. The molecular weight excluding hydrogens is 526 g/mol. The summed E-state index contributed by atoms with van der Waals surface area (Å²) in [5.74, 6) is -1.31. The Labute approximate surface area is 252 Å². The van der Waals surface area contributed by atoms with Crippen LogP contribution in [0.2, 0.25) is 0 Å². The van der Waals surface area contributed by atoms with Gasteiger partial charge in [0.2, 0.25) is 5.91 Å². The van der Waals surface area contributed by atoms with Crippen LogP contribution in [0, 0.1) is 23.2 Å². The van der Waals surface area contributed by atoms with Gasteiger partial charge >= 0.3 is 5.97 Å². The maximum absolute atomic E-state index is 14.5. The summed E-state index contributed by atoms with van der Waals surface area (Å²) in [6.07, 6.45) is 12.7. The third kappa shape index (κ3) is 6.75. The van der Waals surface area contributed by atoms with Gasteiger partial charge in [-0.05, 0) is 69.6 Å². The molecule has 1 amide bonds. The minimum absolute atomic E-state index is 0.178. The molecule has 0 bridgehead atoms. The number of hydrogen-bond donors (Lipinski definition) is 3. The van der Waals surface area contributed by atoms with Gasteiger partial charge in [-0.15, -0.1) is 0 Å². The Kier molecular flexibility index (Phi) is 10.5. The third-order valence-corrected chi connectivity index (χ3v) is 9.84. The number of nitrogens with one attached hydrogen (secondary N) is 1. The number of esters is 1. The standard InChI is InChI=1S/C36H51NO5/c1-6-7-8-9-13-19-31(38)42-30-20-21-35(5,41)23-24(2)15-14-18-28-33(39)26(4)25(3)32-29(37-34(40)36(28,30)32)22-27-16-11-10-12-17-27/h10-12,14,16-18,20-21,24,28-30,32-33,39,41H,6-9,13,15,19,22-23H2,1-5H3,(H,37,40)/b18-14+,21-20+/t24-,28-,29-,30+,32-,33+,35-,36+/m0/s1. The van der Waals surface area contributed by atoms with Gasteiger partial charge < -0.3 is 20.3 Å². The normalized spacial score (nSPS) is 36.3. The lowest BCUT2D eigenvalue weighted by atomic mass is 9.54. The molecule has 1 aliphatic heterocycles. The molecule has 0 aromatic heterocycles. The summed E-state index contributed by atoms with van der Waals surface area (Å²) in [4.78, 5) is 27.9. The first kappa shape index (κ1) is 32.2. The summed E-state index contributed by atoms with van der Waals surface area (Å²) >= 11 is 0. The number of allylic oxidation sites excluding steroid dienone is 1. The smallest absolute Gasteiger partial charge is 0.306 e. The van der Waals surface area contributed by atoms with Crippen LogP contribution in [0.25, 0.3) is 0 Å². The minimum atomic E-state index is -1.27. The van der Waals surface area contributed by atoms with Crippen molar-refractivity contribution in [3.8, 4) is 0 Å². The summed E-state index contributed by atoms with van der Waals surface area (Å²) in [6.45, 7) is 9.96. The Morgan fingerprint density at radius 2 is 1.79 bits per heavy atom. The monoisotopic (exact) mass is 577 g/mol. The number of carbonyl (C=O) groups excluding carboxylic acids is 2. The van der Waals surface area contributed by atoms with Gasteiger partial charge in [-0.1, -0.05) is 93.7 Å². The Bertz CT molecular complexity index is 1180. The van der Waals surface area contributed by atoms with E-state index in [9.17, 15) is 19.8 Å². The molecule has 230 valence electrons. The molecule has 1 saturated heterocycles. The molecule has 0 radical (unpaired) electrons. The van der Waals surface area contributed by atoms with Crippen LogP contribution < -0.4 is 5.32 Å². The van der Waals surface area contributed by atoms with Crippen molar-refractivity contribution in [3.05, 3.63) is 71.3 Å². The second-order valence-corrected chi connectivity index (χ2v) is 13.3. The van der Waals surface area contributed by atoms with Crippen molar-refractivity contribution < 1.29 is 24.5 Å². The number of rotatable bonds is 9. The second kappa shape index (κ2) is 13.7. The molecule has 2 aliphatic carbocycles. The van der Waals surface area contributed by atoms with Gasteiger partial charge in [-0.25, -0.2) is 0 Å². The Morgan fingerprint density at radius 3 is 2.50 bits per heavy atom. The molecule has 1 aromatic rings. The molecule has 3 N–H and O–H groups in total. The predicted octanol–water partition coefficient (Wildman–Crippen LogP) is 6.22. The zero-order valence-electron chi connectivity index (χ0n) is 26.1. The van der Waals surface area contributed by atoms with Crippen LogP contribution in [0.4, 0.5) is 0 Å². The first-order valence-electron chi connectivity index (χ1n) is 16.0. The Hall–Kier alpha value is -2.70.